The fourth-order valence-corrected chi connectivity index (χ4v) is 3.65. The molecule has 0 unspecified atom stereocenters. The third-order valence-electron chi connectivity index (χ3n) is 3.96. The highest BCUT2D eigenvalue weighted by molar-refractivity contribution is 7.19. The molecule has 0 aliphatic heterocycles. The lowest BCUT2D eigenvalue weighted by atomic mass is 10.1. The number of thiazole rings is 1. The van der Waals surface area contributed by atoms with Gasteiger partial charge in [0.05, 0.1) is 16.8 Å². The lowest BCUT2D eigenvalue weighted by Gasteiger charge is -1.98. The molecule has 0 fully saturated rings. The van der Waals surface area contributed by atoms with E-state index in [1.165, 1.54) is 23.5 Å². The van der Waals surface area contributed by atoms with Crippen LogP contribution in [-0.4, -0.2) is 31.3 Å². The number of ketones is 1. The number of aliphatic imine (C=N–C) groups is 1. The minimum atomic E-state index is -0.184. The van der Waals surface area contributed by atoms with E-state index in [9.17, 15) is 15.0 Å². The Labute approximate surface area is 146 Å². The summed E-state index contributed by atoms with van der Waals surface area (Å²) in [5.41, 5.74) is 1.96. The molecule has 0 bridgehead atoms. The van der Waals surface area contributed by atoms with Crippen LogP contribution in [0.2, 0.25) is 0 Å². The van der Waals surface area contributed by atoms with Gasteiger partial charge >= 0.3 is 0 Å². The lowest BCUT2D eigenvalue weighted by Crippen LogP contribution is -1.98. The number of hydrogen-bond acceptors (Lipinski definition) is 6. The molecule has 1 aliphatic carbocycles. The second kappa shape index (κ2) is 5.71. The van der Waals surface area contributed by atoms with Crippen LogP contribution in [0.4, 0.5) is 5.13 Å². The Balaban J connectivity index is 1.84. The Morgan fingerprint density at radius 3 is 2.60 bits per heavy atom. The Hall–Kier alpha value is -3.19. The molecule has 1 aromatic carbocycles. The van der Waals surface area contributed by atoms with Crippen LogP contribution in [0.1, 0.15) is 0 Å². The molecule has 0 saturated carbocycles. The molecule has 6 nitrogen and oxygen atoms in total. The Morgan fingerprint density at radius 1 is 1.12 bits per heavy atom. The van der Waals surface area contributed by atoms with Gasteiger partial charge in [-0.05, 0) is 30.4 Å². The number of para-hydroxylation sites is 1. The zero-order valence-corrected chi connectivity index (χ0v) is 14.0. The molecule has 0 spiro atoms. The van der Waals surface area contributed by atoms with Gasteiger partial charge in [-0.2, -0.15) is 4.98 Å². The van der Waals surface area contributed by atoms with Crippen molar-refractivity contribution in [3.63, 3.8) is 0 Å². The normalized spacial score (nSPS) is 13.8. The first-order valence-electron chi connectivity index (χ1n) is 7.50. The number of fused-ring (bicyclic) bond motifs is 1. The maximum absolute atomic E-state index is 11.2. The zero-order chi connectivity index (χ0) is 17.6. The van der Waals surface area contributed by atoms with Gasteiger partial charge in [0.2, 0.25) is 16.9 Å². The van der Waals surface area contributed by atoms with Crippen molar-refractivity contribution in [1.82, 2.24) is 9.55 Å². The van der Waals surface area contributed by atoms with Crippen molar-refractivity contribution in [3.8, 4) is 22.2 Å². The number of carbonyl (C=O) groups excluding carboxylic acids is 1. The summed E-state index contributed by atoms with van der Waals surface area (Å²) in [6, 6.07) is 7.54. The van der Waals surface area contributed by atoms with E-state index in [1.54, 1.807) is 23.8 Å². The molecule has 0 saturated heterocycles. The van der Waals surface area contributed by atoms with Crippen LogP contribution in [0.5, 0.6) is 11.8 Å². The predicted molar refractivity (Wildman–Crippen MR) is 97.7 cm³/mol. The molecule has 0 atom stereocenters. The molecule has 2 aromatic heterocycles. The molecule has 1 aliphatic rings. The molecule has 25 heavy (non-hydrogen) atoms. The molecule has 2 heterocycles. The van der Waals surface area contributed by atoms with Gasteiger partial charge in [-0.3, -0.25) is 4.79 Å². The number of nitrogens with zero attached hydrogens (tertiary/aromatic N) is 3. The standard InChI is InChI=1S/C18H13N3O3S/c1-21-13-5-3-2-4-12(13)14(17(21)24)15-16(23)20-18(25-15)19-10-6-8-11(22)9-7-10/h2-9,23-24H,1H3. The molecule has 124 valence electrons. The van der Waals surface area contributed by atoms with Crippen molar-refractivity contribution in [1.29, 1.82) is 0 Å². The molecular formula is C18H13N3O3S. The van der Waals surface area contributed by atoms with E-state index in [-0.39, 0.29) is 17.5 Å². The van der Waals surface area contributed by atoms with E-state index in [0.29, 0.717) is 21.3 Å². The number of aromatic hydroxyl groups is 2. The maximum atomic E-state index is 11.2. The Bertz CT molecular complexity index is 1080. The number of aromatic nitrogens is 2. The number of rotatable bonds is 2. The van der Waals surface area contributed by atoms with E-state index in [1.807, 2.05) is 24.3 Å². The van der Waals surface area contributed by atoms with Gasteiger partial charge in [-0.25, -0.2) is 4.99 Å². The molecular weight excluding hydrogens is 338 g/mol. The summed E-state index contributed by atoms with van der Waals surface area (Å²) in [6.07, 6.45) is 6.03. The fraction of sp³-hybridized carbons (Fsp3) is 0.0556. The largest absolute Gasteiger partial charge is 0.494 e. The zero-order valence-electron chi connectivity index (χ0n) is 13.2. The van der Waals surface area contributed by atoms with Gasteiger partial charge in [0, 0.05) is 12.4 Å². The summed E-state index contributed by atoms with van der Waals surface area (Å²) in [4.78, 5) is 20.0. The van der Waals surface area contributed by atoms with E-state index in [4.69, 9.17) is 0 Å². The fourth-order valence-electron chi connectivity index (χ4n) is 2.75. The van der Waals surface area contributed by atoms with Crippen molar-refractivity contribution < 1.29 is 15.0 Å². The highest BCUT2D eigenvalue weighted by atomic mass is 32.1. The highest BCUT2D eigenvalue weighted by Crippen LogP contribution is 2.47. The number of aryl methyl sites for hydroxylation is 1. The summed E-state index contributed by atoms with van der Waals surface area (Å²) in [7, 11) is 1.76. The quantitative estimate of drug-likeness (QED) is 0.692. The van der Waals surface area contributed by atoms with Gasteiger partial charge in [0.25, 0.3) is 0 Å². The van der Waals surface area contributed by atoms with Gasteiger partial charge in [-0.1, -0.05) is 29.5 Å². The predicted octanol–water partition coefficient (Wildman–Crippen LogP) is 3.48. The molecule has 0 amide bonds. The average Bonchev–Trinajstić information content (AvgIpc) is 3.08. The minimum absolute atomic E-state index is 0.0578. The SMILES string of the molecule is Cn1c(O)c(-c2sc(N=C3C=CC(=O)C=C3)nc2O)c2ccccc21. The van der Waals surface area contributed by atoms with E-state index >= 15 is 0 Å². The first-order valence-corrected chi connectivity index (χ1v) is 8.31. The summed E-state index contributed by atoms with van der Waals surface area (Å²) in [6.45, 7) is 0. The summed E-state index contributed by atoms with van der Waals surface area (Å²) < 4.78 is 1.66. The minimum Gasteiger partial charge on any atom is -0.494 e. The second-order valence-electron chi connectivity index (χ2n) is 5.53. The van der Waals surface area contributed by atoms with Crippen molar-refractivity contribution in [2.75, 3.05) is 0 Å². The summed E-state index contributed by atoms with van der Waals surface area (Å²) in [5, 5.41) is 21.9. The number of allylic oxidation sites excluding steroid dienone is 4. The maximum Gasteiger partial charge on any atom is 0.232 e. The summed E-state index contributed by atoms with van der Waals surface area (Å²) in [5.74, 6) is -0.222. The average molecular weight is 351 g/mol. The van der Waals surface area contributed by atoms with Crippen molar-refractivity contribution in [3.05, 3.63) is 48.6 Å². The summed E-state index contributed by atoms with van der Waals surface area (Å²) >= 11 is 1.17. The van der Waals surface area contributed by atoms with Crippen LogP contribution in [0.25, 0.3) is 21.3 Å². The van der Waals surface area contributed by atoms with Gasteiger partial charge in [-0.15, -0.1) is 0 Å². The van der Waals surface area contributed by atoms with Crippen LogP contribution in [0.15, 0.2) is 53.6 Å². The second-order valence-corrected chi connectivity index (χ2v) is 6.51. The van der Waals surface area contributed by atoms with Crippen LogP contribution >= 0.6 is 11.3 Å². The molecule has 2 N–H and O–H groups in total. The first-order chi connectivity index (χ1) is 12.0. The van der Waals surface area contributed by atoms with Crippen LogP contribution in [-0.2, 0) is 11.8 Å². The van der Waals surface area contributed by atoms with Gasteiger partial charge < -0.3 is 14.8 Å². The van der Waals surface area contributed by atoms with Crippen LogP contribution in [0.3, 0.4) is 0 Å². The molecule has 0 radical (unpaired) electrons. The van der Waals surface area contributed by atoms with Crippen molar-refractivity contribution in [2.45, 2.75) is 0 Å². The number of carbonyl (C=O) groups is 1. The lowest BCUT2D eigenvalue weighted by molar-refractivity contribution is -0.110. The van der Waals surface area contributed by atoms with Crippen molar-refractivity contribution in [2.24, 2.45) is 12.0 Å². The van der Waals surface area contributed by atoms with Crippen LogP contribution in [0, 0.1) is 0 Å². The van der Waals surface area contributed by atoms with Crippen LogP contribution < -0.4 is 0 Å². The van der Waals surface area contributed by atoms with Gasteiger partial charge in [0.1, 0.15) is 4.88 Å². The topological polar surface area (TPSA) is 87.7 Å². The highest BCUT2D eigenvalue weighted by Gasteiger charge is 2.22. The van der Waals surface area contributed by atoms with E-state index < -0.39 is 0 Å². The van der Waals surface area contributed by atoms with Gasteiger partial charge in [0.15, 0.2) is 5.78 Å². The number of hydrogen-bond donors (Lipinski definition) is 2. The first kappa shape index (κ1) is 15.3. The Kier molecular flexibility index (Phi) is 3.51. The number of benzene rings is 1. The smallest absolute Gasteiger partial charge is 0.232 e. The molecule has 7 heteroatoms. The van der Waals surface area contributed by atoms with E-state index in [0.717, 1.165) is 10.9 Å². The molecule has 4 rings (SSSR count). The third kappa shape index (κ3) is 2.54. The monoisotopic (exact) mass is 351 g/mol. The third-order valence-corrected chi connectivity index (χ3v) is 4.92. The van der Waals surface area contributed by atoms with E-state index in [2.05, 4.69) is 9.98 Å². The molecule has 3 aromatic rings. The van der Waals surface area contributed by atoms with Crippen molar-refractivity contribution >= 4 is 38.9 Å². The Morgan fingerprint density at radius 2 is 1.84 bits per heavy atom.